The average Bonchev–Trinajstić information content (AvgIpc) is 2.92. The Kier molecular flexibility index (Phi) is 5.24. The highest BCUT2D eigenvalue weighted by atomic mass is 32.2. The Hall–Kier alpha value is -2.22. The van der Waals surface area contributed by atoms with Gasteiger partial charge in [-0.25, -0.2) is 8.42 Å². The van der Waals surface area contributed by atoms with Gasteiger partial charge in [0.1, 0.15) is 5.82 Å². The van der Waals surface area contributed by atoms with E-state index in [0.29, 0.717) is 18.2 Å². The third-order valence-corrected chi connectivity index (χ3v) is 5.68. The summed E-state index contributed by atoms with van der Waals surface area (Å²) in [7, 11) is -2.92. The molecule has 1 aliphatic heterocycles. The van der Waals surface area contributed by atoms with Gasteiger partial charge in [-0.2, -0.15) is 10.1 Å². The molecule has 2 aromatic rings. The van der Waals surface area contributed by atoms with Crippen molar-refractivity contribution >= 4 is 21.6 Å². The molecule has 0 bridgehead atoms. The van der Waals surface area contributed by atoms with Crippen molar-refractivity contribution in [1.82, 2.24) is 15.2 Å². The minimum atomic E-state index is -2.92. The summed E-state index contributed by atoms with van der Waals surface area (Å²) in [5, 5.41) is 14.1. The topological polar surface area (TPSA) is 96.9 Å². The van der Waals surface area contributed by atoms with Gasteiger partial charge in [0.05, 0.1) is 17.7 Å². The van der Waals surface area contributed by atoms with Gasteiger partial charge in [-0.3, -0.25) is 0 Å². The van der Waals surface area contributed by atoms with Gasteiger partial charge >= 0.3 is 0 Å². The molecule has 0 saturated carbocycles. The lowest BCUT2D eigenvalue weighted by molar-refractivity contribution is 0.602. The monoisotopic (exact) mass is 347 g/mol. The number of hydrogen-bond donors (Lipinski definition) is 2. The van der Waals surface area contributed by atoms with Crippen molar-refractivity contribution in [3.05, 3.63) is 42.1 Å². The summed E-state index contributed by atoms with van der Waals surface area (Å²) in [5.74, 6) is 1.35. The summed E-state index contributed by atoms with van der Waals surface area (Å²) < 4.78 is 23.0. The van der Waals surface area contributed by atoms with E-state index in [0.717, 1.165) is 19.4 Å². The predicted octanol–water partition coefficient (Wildman–Crippen LogP) is 1.52. The van der Waals surface area contributed by atoms with Crippen LogP contribution in [0.4, 0.5) is 11.8 Å². The standard InChI is InChI=1S/C16H21N5O2S/c22-24(23)10-8-14(12-24)19-16-20-15(11-18-21-16)17-9-4-7-13-5-2-1-3-6-13/h1-3,5-6,11,14H,4,7-10,12H2,(H2,17,19,20,21). The Morgan fingerprint density at radius 2 is 2.04 bits per heavy atom. The van der Waals surface area contributed by atoms with Gasteiger partial charge in [-0.15, -0.1) is 5.10 Å². The highest BCUT2D eigenvalue weighted by molar-refractivity contribution is 7.91. The first kappa shape index (κ1) is 16.6. The fraction of sp³-hybridized carbons (Fsp3) is 0.438. The average molecular weight is 347 g/mol. The van der Waals surface area contributed by atoms with Crippen LogP contribution in [-0.4, -0.2) is 47.7 Å². The van der Waals surface area contributed by atoms with Crippen molar-refractivity contribution in [3.8, 4) is 0 Å². The molecule has 1 saturated heterocycles. The van der Waals surface area contributed by atoms with Crippen LogP contribution in [0.5, 0.6) is 0 Å². The van der Waals surface area contributed by atoms with Gasteiger partial charge in [-0.1, -0.05) is 30.3 Å². The molecule has 128 valence electrons. The first-order chi connectivity index (χ1) is 11.6. The van der Waals surface area contributed by atoms with Gasteiger partial charge in [-0.05, 0) is 24.8 Å². The highest BCUT2D eigenvalue weighted by Gasteiger charge is 2.28. The molecule has 1 aliphatic rings. The first-order valence-electron chi connectivity index (χ1n) is 8.05. The molecule has 24 heavy (non-hydrogen) atoms. The molecule has 0 spiro atoms. The lowest BCUT2D eigenvalue weighted by Crippen LogP contribution is -2.22. The second-order valence-corrected chi connectivity index (χ2v) is 8.15. The van der Waals surface area contributed by atoms with Crippen molar-refractivity contribution in [2.75, 3.05) is 28.7 Å². The normalized spacial score (nSPS) is 19.1. The molecule has 1 aromatic heterocycles. The third kappa shape index (κ3) is 4.89. The maximum Gasteiger partial charge on any atom is 0.244 e. The Labute approximate surface area is 141 Å². The number of anilines is 2. The minimum absolute atomic E-state index is 0.130. The van der Waals surface area contributed by atoms with Gasteiger partial charge < -0.3 is 10.6 Å². The summed E-state index contributed by atoms with van der Waals surface area (Å²) in [6.45, 7) is 0.783. The Balaban J connectivity index is 1.47. The van der Waals surface area contributed by atoms with Crippen LogP contribution in [0, 0.1) is 0 Å². The van der Waals surface area contributed by atoms with Crippen molar-refractivity contribution in [2.24, 2.45) is 0 Å². The zero-order valence-corrected chi connectivity index (χ0v) is 14.2. The van der Waals surface area contributed by atoms with E-state index in [-0.39, 0.29) is 17.5 Å². The SMILES string of the molecule is O=S1(=O)CCC(Nc2nncc(NCCCc3ccccc3)n2)C1. The van der Waals surface area contributed by atoms with Crippen LogP contribution in [0.15, 0.2) is 36.5 Å². The molecule has 8 heteroatoms. The van der Waals surface area contributed by atoms with Crippen molar-refractivity contribution in [2.45, 2.75) is 25.3 Å². The smallest absolute Gasteiger partial charge is 0.244 e. The molecular formula is C16H21N5O2S. The highest BCUT2D eigenvalue weighted by Crippen LogP contribution is 2.15. The maximum atomic E-state index is 11.5. The van der Waals surface area contributed by atoms with Gasteiger partial charge in [0.25, 0.3) is 0 Å². The molecule has 1 unspecified atom stereocenters. The quantitative estimate of drug-likeness (QED) is 0.733. The minimum Gasteiger partial charge on any atom is -0.369 e. The zero-order valence-electron chi connectivity index (χ0n) is 13.4. The van der Waals surface area contributed by atoms with Gasteiger partial charge in [0.2, 0.25) is 5.95 Å². The number of hydrogen-bond acceptors (Lipinski definition) is 7. The number of aryl methyl sites for hydroxylation is 1. The molecule has 1 aromatic carbocycles. The molecule has 0 aliphatic carbocycles. The van der Waals surface area contributed by atoms with E-state index < -0.39 is 9.84 Å². The summed E-state index contributed by atoms with van der Waals surface area (Å²) in [5.41, 5.74) is 1.31. The number of sulfone groups is 1. The van der Waals surface area contributed by atoms with E-state index in [2.05, 4.69) is 37.9 Å². The third-order valence-electron chi connectivity index (χ3n) is 3.92. The van der Waals surface area contributed by atoms with Crippen LogP contribution in [0.2, 0.25) is 0 Å². The van der Waals surface area contributed by atoms with Crippen LogP contribution >= 0.6 is 0 Å². The molecule has 0 amide bonds. The number of benzene rings is 1. The summed E-state index contributed by atoms with van der Waals surface area (Å²) in [6.07, 6.45) is 4.13. The van der Waals surface area contributed by atoms with Crippen molar-refractivity contribution in [3.63, 3.8) is 0 Å². The van der Waals surface area contributed by atoms with Crippen LogP contribution in [0.3, 0.4) is 0 Å². The summed E-state index contributed by atoms with van der Waals surface area (Å²) >= 11 is 0. The van der Waals surface area contributed by atoms with Crippen LogP contribution in [-0.2, 0) is 16.3 Å². The van der Waals surface area contributed by atoms with E-state index in [1.807, 2.05) is 18.2 Å². The van der Waals surface area contributed by atoms with E-state index in [1.165, 1.54) is 5.56 Å². The van der Waals surface area contributed by atoms with Crippen molar-refractivity contribution < 1.29 is 8.42 Å². The lowest BCUT2D eigenvalue weighted by atomic mass is 10.1. The van der Waals surface area contributed by atoms with E-state index in [9.17, 15) is 8.42 Å². The molecular weight excluding hydrogens is 326 g/mol. The van der Waals surface area contributed by atoms with Crippen LogP contribution < -0.4 is 10.6 Å². The van der Waals surface area contributed by atoms with Crippen LogP contribution in [0.25, 0.3) is 0 Å². The fourth-order valence-electron chi connectivity index (χ4n) is 2.69. The molecule has 0 radical (unpaired) electrons. The number of aromatic nitrogens is 3. The maximum absolute atomic E-state index is 11.5. The Bertz CT molecular complexity index is 767. The molecule has 7 nitrogen and oxygen atoms in total. The largest absolute Gasteiger partial charge is 0.369 e. The lowest BCUT2D eigenvalue weighted by Gasteiger charge is -2.11. The molecule has 1 atom stereocenters. The molecule has 2 N–H and O–H groups in total. The fourth-order valence-corrected chi connectivity index (χ4v) is 4.37. The first-order valence-corrected chi connectivity index (χ1v) is 9.87. The summed E-state index contributed by atoms with van der Waals surface area (Å²) in [6, 6.07) is 10.2. The Morgan fingerprint density at radius 3 is 2.79 bits per heavy atom. The molecule has 3 rings (SSSR count). The number of nitrogens with zero attached hydrogens (tertiary/aromatic N) is 3. The predicted molar refractivity (Wildman–Crippen MR) is 93.8 cm³/mol. The van der Waals surface area contributed by atoms with E-state index >= 15 is 0 Å². The van der Waals surface area contributed by atoms with E-state index in [1.54, 1.807) is 6.20 Å². The van der Waals surface area contributed by atoms with Gasteiger partial charge in [0.15, 0.2) is 9.84 Å². The Morgan fingerprint density at radius 1 is 1.21 bits per heavy atom. The van der Waals surface area contributed by atoms with Gasteiger partial charge in [0, 0.05) is 12.6 Å². The summed E-state index contributed by atoms with van der Waals surface area (Å²) in [4.78, 5) is 4.34. The van der Waals surface area contributed by atoms with E-state index in [4.69, 9.17) is 0 Å². The van der Waals surface area contributed by atoms with Crippen molar-refractivity contribution in [1.29, 1.82) is 0 Å². The molecule has 2 heterocycles. The number of rotatable bonds is 7. The second kappa shape index (κ2) is 7.57. The molecule has 1 fully saturated rings. The zero-order chi connectivity index (χ0) is 16.8. The van der Waals surface area contributed by atoms with Crippen LogP contribution in [0.1, 0.15) is 18.4 Å². The number of nitrogens with one attached hydrogen (secondary N) is 2. The second-order valence-electron chi connectivity index (χ2n) is 5.93.